The van der Waals surface area contributed by atoms with E-state index in [1.54, 1.807) is 11.3 Å². The van der Waals surface area contributed by atoms with Gasteiger partial charge in [-0.1, -0.05) is 26.8 Å². The second-order valence-electron chi connectivity index (χ2n) is 8.29. The predicted octanol–water partition coefficient (Wildman–Crippen LogP) is 5.30. The molecule has 0 atom stereocenters. The fourth-order valence-electron chi connectivity index (χ4n) is 3.83. The van der Waals surface area contributed by atoms with E-state index in [0.29, 0.717) is 5.92 Å². The number of aromatic nitrogens is 2. The average Bonchev–Trinajstić information content (AvgIpc) is 3.25. The number of hydrogen-bond acceptors (Lipinski definition) is 3. The molecule has 2 aromatic heterocycles. The predicted molar refractivity (Wildman–Crippen MR) is 106 cm³/mol. The maximum atomic E-state index is 4.51. The summed E-state index contributed by atoms with van der Waals surface area (Å²) in [4.78, 5) is 10.6. The summed E-state index contributed by atoms with van der Waals surface area (Å²) in [7, 11) is 0. The Bertz CT molecular complexity index is 834. The topological polar surface area (TPSA) is 31.9 Å². The molecule has 25 heavy (non-hydrogen) atoms. The first-order valence-electron chi connectivity index (χ1n) is 9.21. The third-order valence-corrected chi connectivity index (χ3v) is 6.09. The minimum Gasteiger partial charge on any atom is -0.361 e. The van der Waals surface area contributed by atoms with Crippen molar-refractivity contribution in [1.82, 2.24) is 14.9 Å². The molecule has 0 unspecified atom stereocenters. The molecule has 0 bridgehead atoms. The largest absolute Gasteiger partial charge is 0.361 e. The zero-order valence-electron chi connectivity index (χ0n) is 15.4. The number of benzene rings is 1. The summed E-state index contributed by atoms with van der Waals surface area (Å²) in [6.07, 6.45) is 4.64. The number of likely N-dealkylation sites (tertiary alicyclic amines) is 1. The van der Waals surface area contributed by atoms with Crippen LogP contribution in [0.4, 0.5) is 0 Å². The number of fused-ring (bicyclic) bond motifs is 1. The van der Waals surface area contributed by atoms with Crippen LogP contribution in [0.15, 0.2) is 35.3 Å². The van der Waals surface area contributed by atoms with Crippen LogP contribution >= 0.6 is 11.3 Å². The molecule has 1 aliphatic rings. The lowest BCUT2D eigenvalue weighted by atomic mass is 9.86. The maximum Gasteiger partial charge on any atom is 0.0794 e. The second-order valence-corrected chi connectivity index (χ2v) is 9.01. The standard InChI is InChI=1S/C21H27N3S/c1-21(2,3)17-4-5-19-18(10-17)16(11-22-19)12-24-8-6-15(7-9-24)20-13-25-14-23-20/h4-5,10-11,13-15,22H,6-9,12H2,1-3H3. The van der Waals surface area contributed by atoms with Crippen molar-refractivity contribution in [3.63, 3.8) is 0 Å². The van der Waals surface area contributed by atoms with Gasteiger partial charge in [-0.15, -0.1) is 11.3 Å². The van der Waals surface area contributed by atoms with Crippen LogP contribution in [0.2, 0.25) is 0 Å². The molecule has 1 fully saturated rings. The normalized spacial score (nSPS) is 17.4. The van der Waals surface area contributed by atoms with Crippen LogP contribution in [0, 0.1) is 0 Å². The highest BCUT2D eigenvalue weighted by Crippen LogP contribution is 2.31. The van der Waals surface area contributed by atoms with Gasteiger partial charge in [0.25, 0.3) is 0 Å². The highest BCUT2D eigenvalue weighted by atomic mass is 32.1. The molecule has 3 nitrogen and oxygen atoms in total. The molecular weight excluding hydrogens is 326 g/mol. The SMILES string of the molecule is CC(C)(C)c1ccc2[nH]cc(CN3CCC(c4cscn4)CC3)c2c1. The summed E-state index contributed by atoms with van der Waals surface area (Å²) in [5.41, 5.74) is 7.53. The second kappa shape index (κ2) is 6.58. The van der Waals surface area contributed by atoms with Crippen molar-refractivity contribution in [2.45, 2.75) is 51.5 Å². The Morgan fingerprint density at radius 1 is 1.24 bits per heavy atom. The Kier molecular flexibility index (Phi) is 4.42. The van der Waals surface area contributed by atoms with Gasteiger partial charge < -0.3 is 4.98 Å². The molecule has 4 heteroatoms. The van der Waals surface area contributed by atoms with Crippen LogP contribution in [-0.4, -0.2) is 28.0 Å². The van der Waals surface area contributed by atoms with E-state index in [1.165, 1.54) is 40.6 Å². The van der Waals surface area contributed by atoms with Crippen molar-refractivity contribution in [3.05, 3.63) is 52.1 Å². The van der Waals surface area contributed by atoms with Crippen molar-refractivity contribution >= 4 is 22.2 Å². The fourth-order valence-corrected chi connectivity index (χ4v) is 4.46. The van der Waals surface area contributed by atoms with Gasteiger partial charge in [0.05, 0.1) is 11.2 Å². The molecule has 0 saturated carbocycles. The van der Waals surface area contributed by atoms with E-state index in [4.69, 9.17) is 0 Å². The van der Waals surface area contributed by atoms with Gasteiger partial charge in [-0.3, -0.25) is 4.90 Å². The van der Waals surface area contributed by atoms with Gasteiger partial charge in [0.2, 0.25) is 0 Å². The number of aromatic amines is 1. The van der Waals surface area contributed by atoms with Crippen LogP contribution in [-0.2, 0) is 12.0 Å². The monoisotopic (exact) mass is 353 g/mol. The molecule has 3 heterocycles. The van der Waals surface area contributed by atoms with Gasteiger partial charge in [0.15, 0.2) is 0 Å². The number of thiazole rings is 1. The summed E-state index contributed by atoms with van der Waals surface area (Å²) in [6.45, 7) is 10.2. The van der Waals surface area contributed by atoms with E-state index >= 15 is 0 Å². The van der Waals surface area contributed by atoms with E-state index in [1.807, 2.05) is 5.51 Å². The Morgan fingerprint density at radius 3 is 2.72 bits per heavy atom. The molecule has 3 aromatic rings. The van der Waals surface area contributed by atoms with Crippen molar-refractivity contribution in [1.29, 1.82) is 0 Å². The molecule has 0 amide bonds. The number of H-pyrrole nitrogens is 1. The van der Waals surface area contributed by atoms with Crippen molar-refractivity contribution < 1.29 is 0 Å². The first-order valence-corrected chi connectivity index (χ1v) is 10.2. The third kappa shape index (κ3) is 3.51. The Hall–Kier alpha value is -1.65. The number of piperidine rings is 1. The number of nitrogens with one attached hydrogen (secondary N) is 1. The Balaban J connectivity index is 1.48. The molecule has 4 rings (SSSR count). The van der Waals surface area contributed by atoms with Gasteiger partial charge in [0.1, 0.15) is 0 Å². The number of nitrogens with zero attached hydrogens (tertiary/aromatic N) is 2. The number of hydrogen-bond donors (Lipinski definition) is 1. The van der Waals surface area contributed by atoms with E-state index in [-0.39, 0.29) is 5.41 Å². The minimum absolute atomic E-state index is 0.189. The van der Waals surface area contributed by atoms with Gasteiger partial charge in [-0.2, -0.15) is 0 Å². The Morgan fingerprint density at radius 2 is 2.04 bits per heavy atom. The quantitative estimate of drug-likeness (QED) is 0.693. The lowest BCUT2D eigenvalue weighted by molar-refractivity contribution is 0.204. The van der Waals surface area contributed by atoms with Crippen LogP contribution in [0.3, 0.4) is 0 Å². The molecule has 132 valence electrons. The highest BCUT2D eigenvalue weighted by molar-refractivity contribution is 7.07. The third-order valence-electron chi connectivity index (χ3n) is 5.48. The Labute approximate surface area is 154 Å². The molecule has 1 N–H and O–H groups in total. The summed E-state index contributed by atoms with van der Waals surface area (Å²) in [6, 6.07) is 6.86. The maximum absolute atomic E-state index is 4.51. The summed E-state index contributed by atoms with van der Waals surface area (Å²) < 4.78 is 0. The first kappa shape index (κ1) is 16.8. The fraction of sp³-hybridized carbons (Fsp3) is 0.476. The molecule has 0 radical (unpaired) electrons. The van der Waals surface area contributed by atoms with E-state index in [9.17, 15) is 0 Å². The van der Waals surface area contributed by atoms with Crippen molar-refractivity contribution in [2.75, 3.05) is 13.1 Å². The smallest absolute Gasteiger partial charge is 0.0794 e. The molecule has 0 spiro atoms. The summed E-state index contributed by atoms with van der Waals surface area (Å²) in [5, 5.41) is 3.60. The minimum atomic E-state index is 0.189. The van der Waals surface area contributed by atoms with Gasteiger partial charge in [0, 0.05) is 34.9 Å². The molecule has 1 aromatic carbocycles. The first-order chi connectivity index (χ1) is 12.0. The van der Waals surface area contributed by atoms with E-state index in [2.05, 4.69) is 65.4 Å². The molecule has 1 saturated heterocycles. The molecular formula is C21H27N3S. The molecule has 1 aliphatic heterocycles. The van der Waals surface area contributed by atoms with Crippen LogP contribution in [0.25, 0.3) is 10.9 Å². The highest BCUT2D eigenvalue weighted by Gasteiger charge is 2.23. The van der Waals surface area contributed by atoms with Crippen molar-refractivity contribution in [2.24, 2.45) is 0 Å². The van der Waals surface area contributed by atoms with Crippen LogP contribution < -0.4 is 0 Å². The van der Waals surface area contributed by atoms with Crippen LogP contribution in [0.1, 0.15) is 56.4 Å². The average molecular weight is 354 g/mol. The van der Waals surface area contributed by atoms with Gasteiger partial charge in [-0.25, -0.2) is 4.98 Å². The van der Waals surface area contributed by atoms with Gasteiger partial charge >= 0.3 is 0 Å². The zero-order chi connectivity index (χ0) is 17.4. The zero-order valence-corrected chi connectivity index (χ0v) is 16.2. The molecule has 0 aliphatic carbocycles. The van der Waals surface area contributed by atoms with E-state index < -0.39 is 0 Å². The van der Waals surface area contributed by atoms with Crippen LogP contribution in [0.5, 0.6) is 0 Å². The number of rotatable bonds is 3. The lowest BCUT2D eigenvalue weighted by Crippen LogP contribution is -2.32. The summed E-state index contributed by atoms with van der Waals surface area (Å²) in [5.74, 6) is 0.651. The van der Waals surface area contributed by atoms with Gasteiger partial charge in [-0.05, 0) is 54.6 Å². The summed E-state index contributed by atoms with van der Waals surface area (Å²) >= 11 is 1.71. The lowest BCUT2D eigenvalue weighted by Gasteiger charge is -2.31. The van der Waals surface area contributed by atoms with Crippen molar-refractivity contribution in [3.8, 4) is 0 Å². The van der Waals surface area contributed by atoms with E-state index in [0.717, 1.165) is 19.6 Å².